The molecule has 9 nitrogen and oxygen atoms in total. The van der Waals surface area contributed by atoms with E-state index in [9.17, 15) is 22.8 Å². The lowest BCUT2D eigenvalue weighted by Gasteiger charge is -2.36. The van der Waals surface area contributed by atoms with Gasteiger partial charge in [0, 0.05) is 31.7 Å². The van der Waals surface area contributed by atoms with Crippen LogP contribution in [0.2, 0.25) is 0 Å². The molecule has 1 N–H and O–H groups in total. The lowest BCUT2D eigenvalue weighted by atomic mass is 10.1. The molecule has 2 heterocycles. The van der Waals surface area contributed by atoms with Gasteiger partial charge in [0.15, 0.2) is 0 Å². The molecule has 3 aromatic rings. The Morgan fingerprint density at radius 2 is 1.58 bits per heavy atom. The number of sulfone groups is 1. The highest BCUT2D eigenvalue weighted by Crippen LogP contribution is 2.20. The summed E-state index contributed by atoms with van der Waals surface area (Å²) in [5.74, 6) is -0.887. The summed E-state index contributed by atoms with van der Waals surface area (Å²) in [6.07, 6.45) is 0. The van der Waals surface area contributed by atoms with Crippen molar-refractivity contribution in [2.45, 2.75) is 24.1 Å². The number of thiophene rings is 1. The van der Waals surface area contributed by atoms with Gasteiger partial charge in [0.2, 0.25) is 15.2 Å². The highest BCUT2D eigenvalue weighted by molar-refractivity contribution is 7.92. The fourth-order valence-electron chi connectivity index (χ4n) is 4.07. The molecule has 1 saturated heterocycles. The zero-order valence-corrected chi connectivity index (χ0v) is 22.8. The van der Waals surface area contributed by atoms with Gasteiger partial charge >= 0.3 is 0 Å². The van der Waals surface area contributed by atoms with Gasteiger partial charge in [-0.15, -0.1) is 11.3 Å². The van der Waals surface area contributed by atoms with E-state index in [2.05, 4.69) is 5.32 Å². The Morgan fingerprint density at radius 3 is 2.16 bits per heavy atom. The zero-order valence-electron chi connectivity index (χ0n) is 21.1. The maximum Gasteiger partial charge on any atom is 0.262 e. The largest absolute Gasteiger partial charge is 0.494 e. The van der Waals surface area contributed by atoms with Gasteiger partial charge in [-0.1, -0.05) is 23.8 Å². The molecule has 1 atom stereocenters. The second kappa shape index (κ2) is 11.8. The first-order valence-electron chi connectivity index (χ1n) is 12.2. The highest BCUT2D eigenvalue weighted by atomic mass is 32.2. The first kappa shape index (κ1) is 27.3. The molecule has 38 heavy (non-hydrogen) atoms. The van der Waals surface area contributed by atoms with Crippen LogP contribution in [-0.4, -0.2) is 74.1 Å². The number of hydrogen-bond acceptors (Lipinski definition) is 7. The van der Waals surface area contributed by atoms with E-state index in [0.717, 1.165) is 16.9 Å². The molecule has 1 fully saturated rings. The van der Waals surface area contributed by atoms with Crippen LogP contribution in [0.1, 0.15) is 32.5 Å². The van der Waals surface area contributed by atoms with Crippen LogP contribution in [0.15, 0.2) is 70.9 Å². The zero-order chi connectivity index (χ0) is 27.3. The number of nitrogens with zero attached hydrogens (tertiary/aromatic N) is 2. The Morgan fingerprint density at radius 1 is 0.947 bits per heavy atom. The average molecular weight is 556 g/mol. The van der Waals surface area contributed by atoms with Gasteiger partial charge in [0.05, 0.1) is 16.4 Å². The fraction of sp³-hybridized carbons (Fsp3) is 0.296. The van der Waals surface area contributed by atoms with E-state index in [1.165, 1.54) is 17.0 Å². The number of ether oxygens (including phenoxy) is 1. The van der Waals surface area contributed by atoms with Crippen molar-refractivity contribution in [1.29, 1.82) is 0 Å². The van der Waals surface area contributed by atoms with Gasteiger partial charge in [-0.25, -0.2) is 8.42 Å². The third-order valence-electron chi connectivity index (χ3n) is 6.18. The molecule has 11 heteroatoms. The third-order valence-corrected chi connectivity index (χ3v) is 8.92. The normalized spacial score (nSPS) is 14.6. The number of piperazine rings is 1. The summed E-state index contributed by atoms with van der Waals surface area (Å²) in [6, 6.07) is 16.2. The minimum atomic E-state index is -4.25. The van der Waals surface area contributed by atoms with Crippen molar-refractivity contribution in [2.24, 2.45) is 0 Å². The van der Waals surface area contributed by atoms with Gasteiger partial charge in [0.25, 0.3) is 17.7 Å². The van der Waals surface area contributed by atoms with Gasteiger partial charge in [-0.05, 0) is 61.7 Å². The summed E-state index contributed by atoms with van der Waals surface area (Å²) in [5, 5.41) is 2.34. The molecule has 0 saturated carbocycles. The number of benzene rings is 2. The third kappa shape index (κ3) is 6.05. The van der Waals surface area contributed by atoms with Crippen LogP contribution in [0, 0.1) is 6.92 Å². The van der Waals surface area contributed by atoms with Crippen molar-refractivity contribution >= 4 is 38.9 Å². The quantitative estimate of drug-likeness (QED) is 0.457. The van der Waals surface area contributed by atoms with Crippen molar-refractivity contribution in [1.82, 2.24) is 15.1 Å². The monoisotopic (exact) mass is 555 g/mol. The number of nitrogens with one attached hydrogen (secondary N) is 1. The van der Waals surface area contributed by atoms with E-state index in [4.69, 9.17) is 4.74 Å². The predicted octanol–water partition coefficient (Wildman–Crippen LogP) is 2.97. The van der Waals surface area contributed by atoms with Crippen LogP contribution in [0.5, 0.6) is 5.75 Å². The SMILES string of the molecule is CCOc1ccc(C(=O)N2CCN(C(=O)[C@H](NC(=O)c3cccs3)S(=O)(=O)c3ccc(C)cc3)CC2)cc1. The standard InChI is InChI=1S/C27H29N3O6S2/c1-3-36-21-10-8-20(9-11-21)26(32)29-14-16-30(17-15-29)27(33)25(28-24(31)23-5-4-18-37-23)38(34,35)22-12-6-19(2)7-13-22/h4-13,18,25H,3,14-17H2,1-2H3,(H,28,31)/t25-/m1/s1. The molecule has 2 aromatic carbocycles. The number of carbonyl (C=O) groups excluding carboxylic acids is 3. The summed E-state index contributed by atoms with van der Waals surface area (Å²) >= 11 is 1.15. The smallest absolute Gasteiger partial charge is 0.262 e. The fourth-order valence-corrected chi connectivity index (χ4v) is 6.16. The Bertz CT molecular complexity index is 1380. The van der Waals surface area contributed by atoms with E-state index in [1.807, 2.05) is 13.8 Å². The Kier molecular flexibility index (Phi) is 8.48. The lowest BCUT2D eigenvalue weighted by molar-refractivity contribution is -0.132. The molecule has 0 aliphatic carbocycles. The maximum atomic E-state index is 13.6. The van der Waals surface area contributed by atoms with Crippen LogP contribution >= 0.6 is 11.3 Å². The predicted molar refractivity (Wildman–Crippen MR) is 144 cm³/mol. The number of rotatable bonds is 8. The van der Waals surface area contributed by atoms with Crippen LogP contribution in [0.25, 0.3) is 0 Å². The second-order valence-corrected chi connectivity index (χ2v) is 11.7. The molecule has 0 bridgehead atoms. The summed E-state index contributed by atoms with van der Waals surface area (Å²) in [4.78, 5) is 42.6. The Balaban J connectivity index is 1.49. The Hall–Kier alpha value is -3.70. The summed E-state index contributed by atoms with van der Waals surface area (Å²) in [7, 11) is -4.25. The van der Waals surface area contributed by atoms with E-state index < -0.39 is 27.0 Å². The topological polar surface area (TPSA) is 113 Å². The molecule has 200 valence electrons. The highest BCUT2D eigenvalue weighted by Gasteiger charge is 2.39. The number of aryl methyl sites for hydroxylation is 1. The van der Waals surface area contributed by atoms with E-state index >= 15 is 0 Å². The molecule has 0 radical (unpaired) electrons. The van der Waals surface area contributed by atoms with Crippen molar-refractivity contribution < 1.29 is 27.5 Å². The van der Waals surface area contributed by atoms with Gasteiger partial charge in [-0.2, -0.15) is 0 Å². The summed E-state index contributed by atoms with van der Waals surface area (Å²) in [5.41, 5.74) is 1.36. The molecule has 1 aliphatic rings. The Labute approximate surface area is 225 Å². The maximum absolute atomic E-state index is 13.6. The molecular weight excluding hydrogens is 526 g/mol. The molecule has 0 unspecified atom stereocenters. The minimum Gasteiger partial charge on any atom is -0.494 e. The van der Waals surface area contributed by atoms with E-state index in [0.29, 0.717) is 22.8 Å². The van der Waals surface area contributed by atoms with Crippen molar-refractivity contribution in [2.75, 3.05) is 32.8 Å². The average Bonchev–Trinajstić information content (AvgIpc) is 3.47. The number of amides is 3. The minimum absolute atomic E-state index is 0.0581. The first-order valence-corrected chi connectivity index (χ1v) is 14.6. The molecule has 3 amide bonds. The summed E-state index contributed by atoms with van der Waals surface area (Å²) < 4.78 is 32.5. The van der Waals surface area contributed by atoms with Crippen LogP contribution in [0.4, 0.5) is 0 Å². The van der Waals surface area contributed by atoms with E-state index in [1.54, 1.807) is 58.8 Å². The summed E-state index contributed by atoms with van der Waals surface area (Å²) in [6.45, 7) is 4.96. The number of carbonyl (C=O) groups is 3. The van der Waals surface area contributed by atoms with E-state index in [-0.39, 0.29) is 37.0 Å². The van der Waals surface area contributed by atoms with Crippen molar-refractivity contribution in [3.05, 3.63) is 82.0 Å². The number of hydrogen-bond donors (Lipinski definition) is 1. The molecular formula is C27H29N3O6S2. The van der Waals surface area contributed by atoms with Crippen LogP contribution in [-0.2, 0) is 14.6 Å². The van der Waals surface area contributed by atoms with Crippen LogP contribution < -0.4 is 10.1 Å². The molecule has 1 aliphatic heterocycles. The molecule has 4 rings (SSSR count). The molecule has 0 spiro atoms. The van der Waals surface area contributed by atoms with Gasteiger partial charge in [0.1, 0.15) is 5.75 Å². The van der Waals surface area contributed by atoms with Crippen LogP contribution in [0.3, 0.4) is 0 Å². The first-order chi connectivity index (χ1) is 18.2. The molecule has 1 aromatic heterocycles. The van der Waals surface area contributed by atoms with Crippen molar-refractivity contribution in [3.63, 3.8) is 0 Å². The van der Waals surface area contributed by atoms with Crippen molar-refractivity contribution in [3.8, 4) is 5.75 Å². The second-order valence-electron chi connectivity index (χ2n) is 8.76. The van der Waals surface area contributed by atoms with Gasteiger partial charge < -0.3 is 19.9 Å². The lowest BCUT2D eigenvalue weighted by Crippen LogP contribution is -2.57. The van der Waals surface area contributed by atoms with Gasteiger partial charge in [-0.3, -0.25) is 14.4 Å².